The summed E-state index contributed by atoms with van der Waals surface area (Å²) in [5.41, 5.74) is 1.35. The van der Waals surface area contributed by atoms with E-state index in [4.69, 9.17) is 0 Å². The van der Waals surface area contributed by atoms with Gasteiger partial charge in [0.15, 0.2) is 13.1 Å². The molecule has 1 aliphatic heterocycles. The van der Waals surface area contributed by atoms with E-state index in [9.17, 15) is 5.11 Å². The van der Waals surface area contributed by atoms with E-state index in [1.165, 1.54) is 89.0 Å². The molecular weight excluding hydrogens is 392 g/mol. The molecule has 0 radical (unpaired) electrons. The molecule has 1 atom stereocenters. The van der Waals surface area contributed by atoms with Crippen LogP contribution in [0.4, 0.5) is 0 Å². The molecule has 1 aromatic rings. The number of aliphatic hydroxyl groups excluding tert-OH is 1. The fourth-order valence-corrected chi connectivity index (χ4v) is 4.87. The van der Waals surface area contributed by atoms with Gasteiger partial charge in [0, 0.05) is 5.56 Å². The maximum Gasteiger partial charge on any atom is 0.327 e. The summed E-state index contributed by atoms with van der Waals surface area (Å²) in [5.74, 6) is 0. The van der Waals surface area contributed by atoms with Gasteiger partial charge in [0.1, 0.15) is 19.6 Å². The molecule has 1 aliphatic rings. The van der Waals surface area contributed by atoms with Crippen LogP contribution in [0.25, 0.3) is 0 Å². The summed E-state index contributed by atoms with van der Waals surface area (Å²) in [6, 6.07) is 10.7. The average molecular weight is 443 g/mol. The minimum Gasteiger partial charge on any atom is -0.390 e. The van der Waals surface area contributed by atoms with Crippen molar-refractivity contribution >= 4 is 6.34 Å². The second kappa shape index (κ2) is 17.1. The lowest BCUT2D eigenvalue weighted by Crippen LogP contribution is -2.46. The molecule has 1 aromatic carbocycles. The van der Waals surface area contributed by atoms with Crippen molar-refractivity contribution in [2.24, 2.45) is 0 Å². The maximum atomic E-state index is 9.60. The molecule has 0 amide bonds. The lowest BCUT2D eigenvalue weighted by Gasteiger charge is -2.26. The highest BCUT2D eigenvalue weighted by molar-refractivity contribution is 5.41. The van der Waals surface area contributed by atoms with Crippen LogP contribution in [0.2, 0.25) is 0 Å². The van der Waals surface area contributed by atoms with E-state index >= 15 is 0 Å². The van der Waals surface area contributed by atoms with Crippen molar-refractivity contribution in [3.05, 3.63) is 48.0 Å². The van der Waals surface area contributed by atoms with E-state index in [1.54, 1.807) is 0 Å². The third kappa shape index (κ3) is 11.4. The van der Waals surface area contributed by atoms with Gasteiger partial charge in [-0.1, -0.05) is 114 Å². The summed E-state index contributed by atoms with van der Waals surface area (Å²) in [5, 5.41) is 9.60. The summed E-state index contributed by atoms with van der Waals surface area (Å²) in [7, 11) is 0. The summed E-state index contributed by atoms with van der Waals surface area (Å²) in [6.45, 7) is 7.47. The maximum absolute atomic E-state index is 9.60. The zero-order valence-corrected chi connectivity index (χ0v) is 20.9. The predicted octanol–water partition coefficient (Wildman–Crippen LogP) is 6.70. The summed E-state index contributed by atoms with van der Waals surface area (Å²) in [6.07, 6.45) is 25.3. The van der Waals surface area contributed by atoms with Gasteiger partial charge in [-0.15, -0.1) is 0 Å². The fraction of sp³-hybridized carbons (Fsp3) is 0.690. The van der Waals surface area contributed by atoms with E-state index < -0.39 is 0 Å². The van der Waals surface area contributed by atoms with E-state index in [2.05, 4.69) is 60.3 Å². The first-order chi connectivity index (χ1) is 15.8. The Kier molecular flexibility index (Phi) is 14.3. The summed E-state index contributed by atoms with van der Waals surface area (Å²) < 4.78 is 3.30. The van der Waals surface area contributed by atoms with Gasteiger partial charge in [-0.05, 0) is 18.9 Å². The molecule has 0 aromatic heterocycles. The van der Waals surface area contributed by atoms with E-state index in [0.717, 1.165) is 37.2 Å². The van der Waals surface area contributed by atoms with Crippen LogP contribution in [0.5, 0.6) is 0 Å². The molecule has 180 valence electrons. The van der Waals surface area contributed by atoms with Crippen LogP contribution in [-0.2, 0) is 6.54 Å². The Labute approximate surface area is 198 Å². The third-order valence-corrected chi connectivity index (χ3v) is 6.86. The number of rotatable bonds is 19. The smallest absolute Gasteiger partial charge is 0.327 e. The zero-order valence-electron chi connectivity index (χ0n) is 20.9. The molecule has 0 bridgehead atoms. The highest BCUT2D eigenvalue weighted by Gasteiger charge is 2.36. The normalized spacial score (nSPS) is 18.5. The Bertz CT molecular complexity index is 640. The van der Waals surface area contributed by atoms with Gasteiger partial charge in [0.05, 0.1) is 6.61 Å². The number of hydrogen-bond donors (Lipinski definition) is 1. The van der Waals surface area contributed by atoms with Gasteiger partial charge in [-0.25, -0.2) is 4.48 Å². The van der Waals surface area contributed by atoms with Crippen LogP contribution in [0, 0.1) is 0 Å². The fourth-order valence-electron chi connectivity index (χ4n) is 4.87. The summed E-state index contributed by atoms with van der Waals surface area (Å²) >= 11 is 0. The first kappa shape index (κ1) is 26.8. The van der Waals surface area contributed by atoms with Crippen LogP contribution in [-0.4, -0.2) is 53.3 Å². The van der Waals surface area contributed by atoms with E-state index in [0.29, 0.717) is 0 Å². The highest BCUT2D eigenvalue weighted by atomic mass is 16.3. The number of allylic oxidation sites excluding steroid dienone is 1. The molecule has 3 heteroatoms. The largest absolute Gasteiger partial charge is 0.390 e. The molecule has 2 rings (SSSR count). The van der Waals surface area contributed by atoms with E-state index in [1.807, 2.05) is 0 Å². The van der Waals surface area contributed by atoms with Crippen LogP contribution in [0.1, 0.15) is 96.0 Å². The lowest BCUT2D eigenvalue weighted by atomic mass is 10.0. The first-order valence-corrected chi connectivity index (χ1v) is 13.5. The Morgan fingerprint density at radius 3 is 2.09 bits per heavy atom. The Balaban J connectivity index is 1.53. The van der Waals surface area contributed by atoms with Gasteiger partial charge in [0.2, 0.25) is 0 Å². The Morgan fingerprint density at radius 2 is 1.47 bits per heavy atom. The molecule has 32 heavy (non-hydrogen) atoms. The number of unbranched alkanes of at least 4 members (excludes halogenated alkanes) is 12. The molecule has 1 heterocycles. The van der Waals surface area contributed by atoms with E-state index in [-0.39, 0.29) is 6.61 Å². The van der Waals surface area contributed by atoms with Gasteiger partial charge in [-0.3, -0.25) is 0 Å². The van der Waals surface area contributed by atoms with Crippen LogP contribution >= 0.6 is 0 Å². The molecule has 0 fully saturated rings. The second-order valence-electron chi connectivity index (χ2n) is 9.79. The monoisotopic (exact) mass is 442 g/mol. The minimum atomic E-state index is 0.242. The van der Waals surface area contributed by atoms with Crippen molar-refractivity contribution in [2.75, 3.05) is 32.8 Å². The minimum absolute atomic E-state index is 0.242. The molecule has 0 saturated carbocycles. The van der Waals surface area contributed by atoms with Crippen molar-refractivity contribution in [1.82, 2.24) is 0 Å². The molecule has 0 aliphatic carbocycles. The second-order valence-corrected chi connectivity index (χ2v) is 9.79. The van der Waals surface area contributed by atoms with Gasteiger partial charge in [-0.2, -0.15) is 4.58 Å². The molecular formula is C29H50N2O+2. The van der Waals surface area contributed by atoms with Crippen molar-refractivity contribution in [3.63, 3.8) is 0 Å². The number of nitrogens with zero attached hydrogens (tertiary/aromatic N) is 2. The van der Waals surface area contributed by atoms with Crippen molar-refractivity contribution in [2.45, 2.75) is 96.9 Å². The van der Waals surface area contributed by atoms with Gasteiger partial charge < -0.3 is 5.11 Å². The lowest BCUT2D eigenvalue weighted by molar-refractivity contribution is -0.845. The van der Waals surface area contributed by atoms with Crippen molar-refractivity contribution in [1.29, 1.82) is 0 Å². The molecule has 3 nitrogen and oxygen atoms in total. The number of quaternary nitrogens is 1. The van der Waals surface area contributed by atoms with Gasteiger partial charge >= 0.3 is 6.34 Å². The predicted molar refractivity (Wildman–Crippen MR) is 138 cm³/mol. The number of benzene rings is 1. The quantitative estimate of drug-likeness (QED) is 0.110. The highest BCUT2D eigenvalue weighted by Crippen LogP contribution is 2.16. The van der Waals surface area contributed by atoms with Gasteiger partial charge in [0.25, 0.3) is 0 Å². The third-order valence-electron chi connectivity index (χ3n) is 6.86. The average Bonchev–Trinajstić information content (AvgIpc) is 3.19. The number of aliphatic hydroxyl groups is 1. The topological polar surface area (TPSA) is 23.2 Å². The Morgan fingerprint density at radius 1 is 0.844 bits per heavy atom. The first-order valence-electron chi connectivity index (χ1n) is 13.5. The standard InChI is InChI=1S/C29H50N2O/c1-2-3-4-5-6-7-8-9-10-11-12-13-14-15-19-22-30-23-24-31(28-30,25-26-32)27-29-20-17-16-18-21-29/h15-21,28,32H,2-14,22-27H2,1H3/q+2. The number of hydrogen-bond acceptors (Lipinski definition) is 1. The van der Waals surface area contributed by atoms with Crippen molar-refractivity contribution in [3.8, 4) is 0 Å². The molecule has 1 N–H and O–H groups in total. The molecule has 0 spiro atoms. The SMILES string of the molecule is CCCCCCCCCCCCCCC=CC[N+]1=C[N+](CCO)(Cc2ccccc2)CC1. The van der Waals surface area contributed by atoms with Crippen molar-refractivity contribution < 1.29 is 14.2 Å². The molecule has 0 saturated heterocycles. The summed E-state index contributed by atoms with van der Waals surface area (Å²) in [4.78, 5) is 0. The zero-order chi connectivity index (χ0) is 22.7. The van der Waals surface area contributed by atoms with Crippen LogP contribution < -0.4 is 0 Å². The van der Waals surface area contributed by atoms with Crippen LogP contribution in [0.15, 0.2) is 42.5 Å². The Hall–Kier alpha value is -1.45. The molecule has 1 unspecified atom stereocenters. The van der Waals surface area contributed by atoms with Crippen LogP contribution in [0.3, 0.4) is 0 Å².